The summed E-state index contributed by atoms with van der Waals surface area (Å²) in [4.78, 5) is 12.2. The number of carbonyl (C=O) groups is 1. The molecule has 1 atom stereocenters. The first-order valence-corrected chi connectivity index (χ1v) is 9.81. The maximum Gasteiger partial charge on any atom is 0.341 e. The molecule has 150 valence electrons. The Hall–Kier alpha value is -2.23. The highest BCUT2D eigenvalue weighted by Gasteiger charge is 2.27. The summed E-state index contributed by atoms with van der Waals surface area (Å²) in [7, 11) is 1.31. The van der Waals surface area contributed by atoms with Gasteiger partial charge in [-0.15, -0.1) is 6.58 Å². The van der Waals surface area contributed by atoms with Crippen LogP contribution in [-0.4, -0.2) is 23.3 Å². The van der Waals surface area contributed by atoms with Gasteiger partial charge in [0.15, 0.2) is 0 Å². The summed E-state index contributed by atoms with van der Waals surface area (Å²) in [6, 6.07) is 1.28. The lowest BCUT2D eigenvalue weighted by atomic mass is 9.80. The fourth-order valence-corrected chi connectivity index (χ4v) is 3.62. The molecule has 0 amide bonds. The molecule has 0 fully saturated rings. The first-order valence-electron chi connectivity index (χ1n) is 9.81. The number of allylic oxidation sites excluding steroid dienone is 3. The van der Waals surface area contributed by atoms with Crippen LogP contribution in [0.15, 0.2) is 30.4 Å². The van der Waals surface area contributed by atoms with Gasteiger partial charge in [0.2, 0.25) is 0 Å². The van der Waals surface area contributed by atoms with Crippen molar-refractivity contribution in [1.82, 2.24) is 0 Å². The summed E-state index contributed by atoms with van der Waals surface area (Å²) in [5, 5.41) is 20.7. The molecule has 0 spiro atoms. The molecule has 2 rings (SSSR count). The number of phenols is 2. The van der Waals surface area contributed by atoms with Gasteiger partial charge >= 0.3 is 5.97 Å². The first-order chi connectivity index (χ1) is 12.9. The van der Waals surface area contributed by atoms with Crippen LogP contribution in [0.25, 0.3) is 0 Å². The molecular weight excluding hydrogens is 340 g/mol. The lowest BCUT2D eigenvalue weighted by Crippen LogP contribution is -2.13. The minimum absolute atomic E-state index is 0.0719. The second-order valence-electron chi connectivity index (χ2n) is 7.05. The normalized spacial score (nSPS) is 16.0. The lowest BCUT2D eigenvalue weighted by Gasteiger charge is -2.25. The van der Waals surface area contributed by atoms with Crippen LogP contribution in [0.3, 0.4) is 0 Å². The Morgan fingerprint density at radius 3 is 2.56 bits per heavy atom. The molecule has 2 N–H and O–H groups in total. The second-order valence-corrected chi connectivity index (χ2v) is 7.05. The second kappa shape index (κ2) is 11.5. The zero-order valence-corrected chi connectivity index (χ0v) is 17.2. The molecule has 0 aliphatic heterocycles. The molecule has 0 heterocycles. The number of ether oxygens (including phenoxy) is 1. The quantitative estimate of drug-likeness (QED) is 0.363. The average Bonchev–Trinajstić information content (AvgIpc) is 2.62. The fraction of sp³-hybridized carbons (Fsp3) is 0.522. The monoisotopic (exact) mass is 374 g/mol. The van der Waals surface area contributed by atoms with Crippen molar-refractivity contribution in [3.63, 3.8) is 0 Å². The molecule has 1 aliphatic carbocycles. The third-order valence-corrected chi connectivity index (χ3v) is 4.80. The maximum atomic E-state index is 12.2. The van der Waals surface area contributed by atoms with Crippen LogP contribution >= 0.6 is 0 Å². The van der Waals surface area contributed by atoms with Crippen molar-refractivity contribution >= 4 is 5.97 Å². The van der Waals surface area contributed by atoms with E-state index in [1.807, 2.05) is 6.92 Å². The van der Waals surface area contributed by atoms with Crippen molar-refractivity contribution in [2.24, 2.45) is 0 Å². The van der Waals surface area contributed by atoms with Gasteiger partial charge in [-0.1, -0.05) is 37.5 Å². The van der Waals surface area contributed by atoms with Crippen LogP contribution in [0, 0.1) is 0 Å². The molecule has 1 aromatic carbocycles. The smallest absolute Gasteiger partial charge is 0.341 e. The molecule has 0 aromatic heterocycles. The standard InChI is InChI=1S/C20H28O4.C3H6/c1-4-5-6-10-15-18(14-9-7-8-13(2)11-14)16(21)12-17(22)19(15)20(23)24-3;1-3-2/h11-12,14,21-22H,4-10H2,1-3H3;3H,1H2,2H3/t14-;/m1./s1. The van der Waals surface area contributed by atoms with E-state index in [1.54, 1.807) is 6.08 Å². The number of carbonyl (C=O) groups excluding carboxylic acids is 1. The lowest BCUT2D eigenvalue weighted by molar-refractivity contribution is 0.0596. The van der Waals surface area contributed by atoms with E-state index >= 15 is 0 Å². The van der Waals surface area contributed by atoms with Gasteiger partial charge in [-0.3, -0.25) is 0 Å². The van der Waals surface area contributed by atoms with E-state index < -0.39 is 5.97 Å². The summed E-state index contributed by atoms with van der Waals surface area (Å²) in [6.07, 6.45) is 10.7. The number of unbranched alkanes of at least 4 members (excludes halogenated alkanes) is 2. The highest BCUT2D eigenvalue weighted by molar-refractivity contribution is 5.95. The topological polar surface area (TPSA) is 66.8 Å². The van der Waals surface area contributed by atoms with Crippen LogP contribution in [0.4, 0.5) is 0 Å². The molecule has 0 saturated heterocycles. The van der Waals surface area contributed by atoms with Gasteiger partial charge in [0.25, 0.3) is 0 Å². The van der Waals surface area contributed by atoms with E-state index in [0.717, 1.165) is 49.7 Å². The van der Waals surface area contributed by atoms with Gasteiger partial charge in [0.05, 0.1) is 7.11 Å². The van der Waals surface area contributed by atoms with Gasteiger partial charge in [0, 0.05) is 17.5 Å². The third-order valence-electron chi connectivity index (χ3n) is 4.80. The van der Waals surface area contributed by atoms with Crippen molar-refractivity contribution in [3.05, 3.63) is 47.1 Å². The van der Waals surface area contributed by atoms with E-state index in [2.05, 4.69) is 26.5 Å². The minimum Gasteiger partial charge on any atom is -0.507 e. The van der Waals surface area contributed by atoms with E-state index in [-0.39, 0.29) is 23.0 Å². The van der Waals surface area contributed by atoms with Gasteiger partial charge in [-0.05, 0) is 51.5 Å². The molecule has 0 bridgehead atoms. The molecular formula is C23H34O4. The van der Waals surface area contributed by atoms with Crippen molar-refractivity contribution in [1.29, 1.82) is 0 Å². The predicted molar refractivity (Wildman–Crippen MR) is 111 cm³/mol. The largest absolute Gasteiger partial charge is 0.507 e. The van der Waals surface area contributed by atoms with E-state index in [4.69, 9.17) is 4.74 Å². The van der Waals surface area contributed by atoms with Crippen LogP contribution in [0.1, 0.15) is 86.7 Å². The van der Waals surface area contributed by atoms with Crippen molar-refractivity contribution in [3.8, 4) is 11.5 Å². The number of esters is 1. The fourth-order valence-electron chi connectivity index (χ4n) is 3.62. The van der Waals surface area contributed by atoms with Gasteiger partial charge in [0.1, 0.15) is 17.1 Å². The molecule has 1 aromatic rings. The van der Waals surface area contributed by atoms with Crippen molar-refractivity contribution in [2.45, 2.75) is 71.6 Å². The average molecular weight is 375 g/mol. The maximum absolute atomic E-state index is 12.2. The molecule has 0 saturated carbocycles. The Balaban J connectivity index is 0.00000114. The van der Waals surface area contributed by atoms with Crippen LogP contribution in [0.5, 0.6) is 11.5 Å². The van der Waals surface area contributed by atoms with E-state index in [1.165, 1.54) is 18.7 Å². The number of phenolic OH excluding ortho intramolecular Hbond substituents is 2. The first kappa shape index (κ1) is 22.8. The van der Waals surface area contributed by atoms with Crippen LogP contribution in [0.2, 0.25) is 0 Å². The number of rotatable bonds is 6. The zero-order valence-electron chi connectivity index (χ0n) is 17.2. The Labute approximate surface area is 163 Å². The SMILES string of the molecule is C=CC.CCCCCc1c(C(=O)OC)c(O)cc(O)c1[C@H]1C=C(C)CCC1. The summed E-state index contributed by atoms with van der Waals surface area (Å²) < 4.78 is 4.87. The molecule has 0 radical (unpaired) electrons. The number of benzene rings is 1. The van der Waals surface area contributed by atoms with Gasteiger partial charge in [-0.25, -0.2) is 4.79 Å². The zero-order chi connectivity index (χ0) is 20.4. The summed E-state index contributed by atoms with van der Waals surface area (Å²) in [5.74, 6) is -0.593. The van der Waals surface area contributed by atoms with Crippen LogP contribution in [-0.2, 0) is 11.2 Å². The molecule has 4 nitrogen and oxygen atoms in total. The van der Waals surface area contributed by atoms with Gasteiger partial charge in [-0.2, -0.15) is 0 Å². The highest BCUT2D eigenvalue weighted by atomic mass is 16.5. The number of hydrogen-bond acceptors (Lipinski definition) is 4. The van der Waals surface area contributed by atoms with Crippen LogP contribution < -0.4 is 0 Å². The number of methoxy groups -OCH3 is 1. The Morgan fingerprint density at radius 2 is 2.00 bits per heavy atom. The third kappa shape index (κ3) is 6.16. The Morgan fingerprint density at radius 1 is 1.33 bits per heavy atom. The molecule has 0 unspecified atom stereocenters. The predicted octanol–water partition coefficient (Wildman–Crippen LogP) is 6.02. The summed E-state index contributed by atoms with van der Waals surface area (Å²) in [6.45, 7) is 9.47. The van der Waals surface area contributed by atoms with E-state index in [9.17, 15) is 15.0 Å². The molecule has 1 aliphatic rings. The molecule has 27 heavy (non-hydrogen) atoms. The van der Waals surface area contributed by atoms with Crippen molar-refractivity contribution in [2.75, 3.05) is 7.11 Å². The minimum atomic E-state index is -0.545. The van der Waals surface area contributed by atoms with Crippen molar-refractivity contribution < 1.29 is 19.7 Å². The highest BCUT2D eigenvalue weighted by Crippen LogP contribution is 2.42. The number of hydrogen-bond donors (Lipinski definition) is 2. The van der Waals surface area contributed by atoms with Gasteiger partial charge < -0.3 is 14.9 Å². The number of aromatic hydroxyl groups is 2. The Bertz CT molecular complexity index is 673. The molecule has 4 heteroatoms. The Kier molecular flexibility index (Phi) is 9.70. The summed E-state index contributed by atoms with van der Waals surface area (Å²) in [5.41, 5.74) is 3.03. The summed E-state index contributed by atoms with van der Waals surface area (Å²) >= 11 is 0. The van der Waals surface area contributed by atoms with E-state index in [0.29, 0.717) is 6.42 Å².